The van der Waals surface area contributed by atoms with Crippen molar-refractivity contribution < 1.29 is 18.3 Å². The number of likely N-dealkylation sites (tertiary alicyclic amines) is 1. The third-order valence-corrected chi connectivity index (χ3v) is 3.95. The first-order valence-electron chi connectivity index (χ1n) is 5.76. The molecule has 0 aromatic carbocycles. The highest BCUT2D eigenvalue weighted by molar-refractivity contribution is 5.17. The molecule has 1 aliphatic heterocycles. The van der Waals surface area contributed by atoms with E-state index in [1.807, 2.05) is 13.0 Å². The first kappa shape index (κ1) is 12.7. The Morgan fingerprint density at radius 3 is 2.59 bits per heavy atom. The zero-order valence-electron chi connectivity index (χ0n) is 9.54. The Labute approximate surface area is 97.8 Å². The van der Waals surface area contributed by atoms with E-state index in [2.05, 4.69) is 0 Å². The van der Waals surface area contributed by atoms with Gasteiger partial charge in [0.15, 0.2) is 5.60 Å². The van der Waals surface area contributed by atoms with Crippen LogP contribution in [0.4, 0.5) is 13.2 Å². The second-order valence-corrected chi connectivity index (χ2v) is 5.05. The second-order valence-electron chi connectivity index (χ2n) is 5.05. The monoisotopic (exact) mass is 248 g/mol. The normalized spacial score (nSPS) is 41.8. The quantitative estimate of drug-likeness (QED) is 0.756. The molecule has 0 spiro atoms. The van der Waals surface area contributed by atoms with Crippen molar-refractivity contribution in [1.29, 1.82) is 5.26 Å². The van der Waals surface area contributed by atoms with Crippen LogP contribution in [0.3, 0.4) is 0 Å². The van der Waals surface area contributed by atoms with E-state index >= 15 is 0 Å². The van der Waals surface area contributed by atoms with E-state index < -0.39 is 18.3 Å². The van der Waals surface area contributed by atoms with Gasteiger partial charge in [0.2, 0.25) is 0 Å². The minimum Gasteiger partial charge on any atom is -0.375 e. The van der Waals surface area contributed by atoms with Crippen molar-refractivity contribution in [2.75, 3.05) is 6.54 Å². The average Bonchev–Trinajstić information content (AvgIpc) is 2.52. The number of nitriles is 1. The molecule has 0 aromatic rings. The van der Waals surface area contributed by atoms with E-state index in [0.29, 0.717) is 12.8 Å². The first-order chi connectivity index (χ1) is 7.79. The van der Waals surface area contributed by atoms with Gasteiger partial charge in [0.25, 0.3) is 0 Å². The first-order valence-corrected chi connectivity index (χ1v) is 5.76. The molecular weight excluding hydrogens is 233 g/mol. The van der Waals surface area contributed by atoms with Crippen molar-refractivity contribution in [3.63, 3.8) is 0 Å². The topological polar surface area (TPSA) is 47.3 Å². The molecule has 4 atom stereocenters. The van der Waals surface area contributed by atoms with Gasteiger partial charge in [-0.1, -0.05) is 6.92 Å². The highest BCUT2D eigenvalue weighted by atomic mass is 19.4. The van der Waals surface area contributed by atoms with Crippen LogP contribution < -0.4 is 0 Å². The van der Waals surface area contributed by atoms with Crippen LogP contribution in [0.2, 0.25) is 0 Å². The molecule has 17 heavy (non-hydrogen) atoms. The SMILES string of the molecule is CCC1C2CC(O)(C#N)CC2N1CC(F)(F)F. The molecule has 1 N–H and O–H groups in total. The molecule has 3 nitrogen and oxygen atoms in total. The third kappa shape index (κ3) is 2.14. The minimum absolute atomic E-state index is 0.0343. The third-order valence-electron chi connectivity index (χ3n) is 3.95. The predicted molar refractivity (Wildman–Crippen MR) is 53.9 cm³/mol. The maximum atomic E-state index is 12.4. The van der Waals surface area contributed by atoms with Crippen molar-refractivity contribution in [3.8, 4) is 6.07 Å². The fourth-order valence-corrected chi connectivity index (χ4v) is 3.32. The maximum Gasteiger partial charge on any atom is 0.401 e. The van der Waals surface area contributed by atoms with Crippen LogP contribution in [0.15, 0.2) is 0 Å². The van der Waals surface area contributed by atoms with Crippen LogP contribution in [-0.4, -0.2) is 40.4 Å². The van der Waals surface area contributed by atoms with Crippen molar-refractivity contribution in [2.45, 2.75) is 50.0 Å². The van der Waals surface area contributed by atoms with Gasteiger partial charge in [-0.05, 0) is 18.8 Å². The summed E-state index contributed by atoms with van der Waals surface area (Å²) < 4.78 is 37.2. The van der Waals surface area contributed by atoms with Gasteiger partial charge in [-0.3, -0.25) is 4.90 Å². The molecular formula is C11H15F3N2O. The number of hydrogen-bond donors (Lipinski definition) is 1. The number of nitrogens with zero attached hydrogens (tertiary/aromatic N) is 2. The standard InChI is InChI=1S/C11H15F3N2O/c1-2-8-7-3-10(17,5-15)4-9(7)16(8)6-11(12,13)14/h7-9,17H,2-4,6H2,1H3. The Morgan fingerprint density at radius 1 is 1.47 bits per heavy atom. The zero-order valence-corrected chi connectivity index (χ0v) is 9.54. The molecule has 96 valence electrons. The van der Waals surface area contributed by atoms with Gasteiger partial charge in [-0.25, -0.2) is 0 Å². The molecule has 4 unspecified atom stereocenters. The molecule has 2 fully saturated rings. The summed E-state index contributed by atoms with van der Waals surface area (Å²) >= 11 is 0. The van der Waals surface area contributed by atoms with Crippen molar-refractivity contribution in [2.24, 2.45) is 5.92 Å². The summed E-state index contributed by atoms with van der Waals surface area (Å²) in [5.41, 5.74) is -1.43. The molecule has 0 amide bonds. The molecule has 6 heteroatoms. The highest BCUT2D eigenvalue weighted by Gasteiger charge is 2.59. The van der Waals surface area contributed by atoms with Crippen LogP contribution in [0.25, 0.3) is 0 Å². The van der Waals surface area contributed by atoms with Crippen molar-refractivity contribution in [3.05, 3.63) is 0 Å². The Hall–Kier alpha value is -0.800. The molecule has 1 aliphatic carbocycles. The zero-order chi connectivity index (χ0) is 12.8. The van der Waals surface area contributed by atoms with E-state index in [1.165, 1.54) is 4.90 Å². The summed E-state index contributed by atoms with van der Waals surface area (Å²) in [7, 11) is 0. The van der Waals surface area contributed by atoms with Crippen molar-refractivity contribution >= 4 is 0 Å². The van der Waals surface area contributed by atoms with Gasteiger partial charge in [0.05, 0.1) is 12.6 Å². The summed E-state index contributed by atoms with van der Waals surface area (Å²) in [4.78, 5) is 1.39. The number of fused-ring (bicyclic) bond motifs is 1. The number of hydrogen-bond acceptors (Lipinski definition) is 3. The van der Waals surface area contributed by atoms with Gasteiger partial charge in [-0.15, -0.1) is 0 Å². The van der Waals surface area contributed by atoms with Gasteiger partial charge in [-0.2, -0.15) is 18.4 Å². The van der Waals surface area contributed by atoms with Gasteiger partial charge < -0.3 is 5.11 Å². The Bertz CT molecular complexity index is 352. The van der Waals surface area contributed by atoms with E-state index in [-0.39, 0.29) is 24.4 Å². The lowest BCUT2D eigenvalue weighted by atomic mass is 9.80. The number of alkyl halides is 3. The van der Waals surface area contributed by atoms with E-state index in [0.717, 1.165) is 0 Å². The van der Waals surface area contributed by atoms with Crippen LogP contribution in [0, 0.1) is 17.2 Å². The summed E-state index contributed by atoms with van der Waals surface area (Å²) in [5.74, 6) is 0.0343. The van der Waals surface area contributed by atoms with Crippen LogP contribution in [-0.2, 0) is 0 Å². The second kappa shape index (κ2) is 3.85. The number of aliphatic hydroxyl groups is 1. The van der Waals surface area contributed by atoms with E-state index in [4.69, 9.17) is 5.26 Å². The Kier molecular flexibility index (Phi) is 2.87. The smallest absolute Gasteiger partial charge is 0.375 e. The summed E-state index contributed by atoms with van der Waals surface area (Å²) in [6.07, 6.45) is -3.15. The maximum absolute atomic E-state index is 12.4. The summed E-state index contributed by atoms with van der Waals surface area (Å²) in [6, 6.07) is 1.38. The fraction of sp³-hybridized carbons (Fsp3) is 0.909. The molecule has 2 aliphatic rings. The Morgan fingerprint density at radius 2 is 2.12 bits per heavy atom. The summed E-state index contributed by atoms with van der Waals surface area (Å²) in [6.45, 7) is 0.905. The van der Waals surface area contributed by atoms with Crippen LogP contribution >= 0.6 is 0 Å². The van der Waals surface area contributed by atoms with Crippen LogP contribution in [0.1, 0.15) is 26.2 Å². The number of halogens is 3. The molecule has 1 saturated carbocycles. The van der Waals surface area contributed by atoms with E-state index in [1.54, 1.807) is 0 Å². The lowest BCUT2D eigenvalue weighted by molar-refractivity contribution is -0.184. The lowest BCUT2D eigenvalue weighted by Crippen LogP contribution is -2.63. The molecule has 1 heterocycles. The minimum atomic E-state index is -4.22. The summed E-state index contributed by atoms with van der Waals surface area (Å²) in [5, 5.41) is 18.7. The number of rotatable bonds is 2. The fourth-order valence-electron chi connectivity index (χ4n) is 3.32. The van der Waals surface area contributed by atoms with Gasteiger partial charge in [0.1, 0.15) is 0 Å². The average molecular weight is 248 g/mol. The largest absolute Gasteiger partial charge is 0.401 e. The molecule has 0 radical (unpaired) electrons. The molecule has 1 saturated heterocycles. The predicted octanol–water partition coefficient (Wildman–Crippen LogP) is 1.68. The van der Waals surface area contributed by atoms with E-state index in [9.17, 15) is 18.3 Å². The molecule has 0 bridgehead atoms. The highest BCUT2D eigenvalue weighted by Crippen LogP contribution is 2.50. The van der Waals surface area contributed by atoms with Crippen LogP contribution in [0.5, 0.6) is 0 Å². The van der Waals surface area contributed by atoms with Crippen molar-refractivity contribution in [1.82, 2.24) is 4.90 Å². The van der Waals surface area contributed by atoms with Gasteiger partial charge >= 0.3 is 6.18 Å². The molecule has 2 rings (SSSR count). The molecule has 0 aromatic heterocycles. The Balaban J connectivity index is 2.09. The lowest BCUT2D eigenvalue weighted by Gasteiger charge is -2.52. The van der Waals surface area contributed by atoms with Gasteiger partial charge in [0, 0.05) is 18.5 Å².